The van der Waals surface area contributed by atoms with E-state index in [9.17, 15) is 10.4 Å². The van der Waals surface area contributed by atoms with Gasteiger partial charge in [0.15, 0.2) is 0 Å². The minimum Gasteiger partial charge on any atom is -0.772 e. The molecule has 0 saturated carbocycles. The summed E-state index contributed by atoms with van der Waals surface area (Å²) >= 11 is 0. The van der Waals surface area contributed by atoms with Crippen LogP contribution in [0.3, 0.4) is 0 Å². The SMILES string of the molecule is [O-]N1C=PCCN1[O-]. The molecule has 0 aromatic heterocycles. The van der Waals surface area contributed by atoms with E-state index in [1.165, 1.54) is 5.92 Å². The first-order valence-electron chi connectivity index (χ1n) is 2.21. The Morgan fingerprint density at radius 3 is 2.62 bits per heavy atom. The second-order valence-corrected chi connectivity index (χ2v) is 2.44. The highest BCUT2D eigenvalue weighted by Gasteiger charge is 1.94. The summed E-state index contributed by atoms with van der Waals surface area (Å²) in [4.78, 5) is 0. The van der Waals surface area contributed by atoms with E-state index in [0.717, 1.165) is 14.4 Å². The largest absolute Gasteiger partial charge is 0.772 e. The zero-order chi connectivity index (χ0) is 5.98. The lowest BCUT2D eigenvalue weighted by molar-refractivity contribution is 0.178. The van der Waals surface area contributed by atoms with Crippen molar-refractivity contribution in [2.24, 2.45) is 0 Å². The van der Waals surface area contributed by atoms with Crippen LogP contribution in [-0.2, 0) is 0 Å². The Balaban J connectivity index is 2.47. The van der Waals surface area contributed by atoms with Crippen LogP contribution < -0.4 is 0 Å². The Morgan fingerprint density at radius 2 is 2.25 bits per heavy atom. The fourth-order valence-electron chi connectivity index (χ4n) is 0.427. The summed E-state index contributed by atoms with van der Waals surface area (Å²) in [5.74, 6) is 1.32. The third-order valence-corrected chi connectivity index (χ3v) is 1.64. The lowest BCUT2D eigenvalue weighted by Crippen LogP contribution is -2.35. The molecule has 1 aliphatic rings. The quantitative estimate of drug-likeness (QED) is 0.442. The number of rotatable bonds is 0. The maximum atomic E-state index is 10.3. The molecule has 46 valence electrons. The van der Waals surface area contributed by atoms with Crippen molar-refractivity contribution >= 4 is 14.1 Å². The fourth-order valence-corrected chi connectivity index (χ4v) is 1.08. The predicted octanol–water partition coefficient (Wildman–Crippen LogP) is 0.221. The summed E-state index contributed by atoms with van der Waals surface area (Å²) in [5, 5.41) is 21.3. The smallest absolute Gasteiger partial charge is 0.00671 e. The lowest BCUT2D eigenvalue weighted by Gasteiger charge is -2.44. The van der Waals surface area contributed by atoms with Crippen LogP contribution in [-0.4, -0.2) is 29.0 Å². The first-order chi connectivity index (χ1) is 3.80. The summed E-state index contributed by atoms with van der Waals surface area (Å²) in [6.45, 7) is 0.321. The van der Waals surface area contributed by atoms with Crippen molar-refractivity contribution < 1.29 is 0 Å². The number of hydrazine groups is 1. The van der Waals surface area contributed by atoms with Crippen molar-refractivity contribution in [2.75, 3.05) is 12.7 Å². The first kappa shape index (κ1) is 6.13. The Hall–Kier alpha value is 0.01000. The van der Waals surface area contributed by atoms with Crippen LogP contribution in [0.2, 0.25) is 0 Å². The highest BCUT2D eigenvalue weighted by atomic mass is 31.1. The van der Waals surface area contributed by atoms with Gasteiger partial charge in [0.2, 0.25) is 0 Å². The normalized spacial score (nSPS) is 26.2. The zero-order valence-corrected chi connectivity index (χ0v) is 5.04. The molecular weight excluding hydrogens is 127 g/mol. The van der Waals surface area contributed by atoms with Gasteiger partial charge in [-0.3, -0.25) is 0 Å². The average Bonchev–Trinajstić information content (AvgIpc) is 1.77. The molecule has 0 radical (unpaired) electrons. The predicted molar refractivity (Wildman–Crippen MR) is 33.1 cm³/mol. The molecule has 0 saturated heterocycles. The van der Waals surface area contributed by atoms with Gasteiger partial charge < -0.3 is 20.8 Å². The molecule has 0 aromatic carbocycles. The van der Waals surface area contributed by atoms with E-state index in [-0.39, 0.29) is 0 Å². The van der Waals surface area contributed by atoms with Crippen LogP contribution in [0, 0.1) is 10.4 Å². The summed E-state index contributed by atoms with van der Waals surface area (Å²) in [6.07, 6.45) is 0.766. The molecule has 0 aliphatic carbocycles. The molecule has 4 nitrogen and oxygen atoms in total. The van der Waals surface area contributed by atoms with Gasteiger partial charge in [-0.2, -0.15) is 0 Å². The van der Waals surface area contributed by atoms with E-state index in [0.29, 0.717) is 16.9 Å². The van der Waals surface area contributed by atoms with E-state index >= 15 is 0 Å². The van der Waals surface area contributed by atoms with Crippen molar-refractivity contribution in [3.05, 3.63) is 10.4 Å². The van der Waals surface area contributed by atoms with Gasteiger partial charge >= 0.3 is 0 Å². The van der Waals surface area contributed by atoms with E-state index in [1.807, 2.05) is 0 Å². The van der Waals surface area contributed by atoms with Crippen LogP contribution in [0.5, 0.6) is 0 Å². The molecule has 1 heterocycles. The Morgan fingerprint density at radius 1 is 1.50 bits per heavy atom. The minimum absolute atomic E-state index is 0.321. The Labute approximate surface area is 48.6 Å². The van der Waals surface area contributed by atoms with Gasteiger partial charge in [-0.25, -0.2) is 0 Å². The van der Waals surface area contributed by atoms with Crippen LogP contribution in [0.25, 0.3) is 0 Å². The second-order valence-electron chi connectivity index (χ2n) is 1.40. The fraction of sp³-hybridized carbons (Fsp3) is 0.667. The minimum atomic E-state index is 0.321. The van der Waals surface area contributed by atoms with Crippen molar-refractivity contribution in [3.63, 3.8) is 0 Å². The van der Waals surface area contributed by atoms with Gasteiger partial charge in [0.1, 0.15) is 0 Å². The third-order valence-electron chi connectivity index (χ3n) is 0.821. The molecule has 0 fully saturated rings. The molecule has 0 spiro atoms. The number of nitrogens with zero attached hydrogens (tertiary/aromatic N) is 2. The highest BCUT2D eigenvalue weighted by Crippen LogP contribution is 2.05. The van der Waals surface area contributed by atoms with E-state index < -0.39 is 0 Å². The van der Waals surface area contributed by atoms with Gasteiger partial charge in [0, 0.05) is 18.6 Å². The Bertz CT molecular complexity index is 107. The van der Waals surface area contributed by atoms with Crippen LogP contribution in [0.4, 0.5) is 0 Å². The highest BCUT2D eigenvalue weighted by molar-refractivity contribution is 7.38. The standard InChI is InChI=1S/C3H5N2O2P/c6-4-1-2-8-3-5(4)7/h3H,1-2H2/q-2. The van der Waals surface area contributed by atoms with Crippen molar-refractivity contribution in [2.45, 2.75) is 0 Å². The molecule has 0 bridgehead atoms. The molecule has 0 unspecified atom stereocenters. The van der Waals surface area contributed by atoms with Crippen LogP contribution >= 0.6 is 8.20 Å². The molecule has 1 rings (SSSR count). The van der Waals surface area contributed by atoms with Crippen LogP contribution in [0.1, 0.15) is 0 Å². The summed E-state index contributed by atoms with van der Waals surface area (Å²) in [6, 6.07) is 0. The molecule has 0 N–H and O–H groups in total. The van der Waals surface area contributed by atoms with Gasteiger partial charge in [-0.1, -0.05) is 8.20 Å². The second kappa shape index (κ2) is 2.53. The van der Waals surface area contributed by atoms with Crippen LogP contribution in [0.15, 0.2) is 0 Å². The Kier molecular flexibility index (Phi) is 1.94. The van der Waals surface area contributed by atoms with Gasteiger partial charge in [0.25, 0.3) is 0 Å². The van der Waals surface area contributed by atoms with Crippen molar-refractivity contribution in [1.29, 1.82) is 0 Å². The zero-order valence-electron chi connectivity index (χ0n) is 4.15. The lowest BCUT2D eigenvalue weighted by atomic mass is 10.8. The van der Waals surface area contributed by atoms with E-state index in [1.54, 1.807) is 0 Å². The molecule has 0 amide bonds. The van der Waals surface area contributed by atoms with E-state index in [4.69, 9.17) is 0 Å². The summed E-state index contributed by atoms with van der Waals surface area (Å²) < 4.78 is 0. The summed E-state index contributed by atoms with van der Waals surface area (Å²) in [7, 11) is 0.934. The number of hydrogen-bond donors (Lipinski definition) is 0. The van der Waals surface area contributed by atoms with Crippen molar-refractivity contribution in [1.82, 2.24) is 10.3 Å². The molecule has 5 heteroatoms. The maximum Gasteiger partial charge on any atom is 0.00671 e. The molecule has 0 aromatic rings. The number of hydrogen-bond acceptors (Lipinski definition) is 4. The van der Waals surface area contributed by atoms with E-state index in [2.05, 4.69) is 0 Å². The molecule has 0 atom stereocenters. The maximum absolute atomic E-state index is 10.3. The molecule has 1 aliphatic heterocycles. The number of hydroxylamine groups is 2. The third kappa shape index (κ3) is 1.24. The molecule has 8 heavy (non-hydrogen) atoms. The van der Waals surface area contributed by atoms with Gasteiger partial charge in [-0.05, 0) is 0 Å². The monoisotopic (exact) mass is 132 g/mol. The average molecular weight is 132 g/mol. The summed E-state index contributed by atoms with van der Waals surface area (Å²) in [5.41, 5.74) is 0. The van der Waals surface area contributed by atoms with Crippen molar-refractivity contribution in [3.8, 4) is 0 Å². The van der Waals surface area contributed by atoms with Gasteiger partial charge in [-0.15, -0.1) is 0 Å². The first-order valence-corrected chi connectivity index (χ1v) is 3.36. The topological polar surface area (TPSA) is 52.6 Å². The van der Waals surface area contributed by atoms with Gasteiger partial charge in [0.05, 0.1) is 0 Å². The molecular formula is C3H5N2O2P-2.